The quantitative estimate of drug-likeness (QED) is 0.529. The van der Waals surface area contributed by atoms with Gasteiger partial charge in [0, 0.05) is 35.9 Å². The van der Waals surface area contributed by atoms with Crippen molar-refractivity contribution in [3.63, 3.8) is 0 Å². The van der Waals surface area contributed by atoms with E-state index in [2.05, 4.69) is 42.6 Å². The molecule has 0 aromatic heterocycles. The standard InChI is InChI=1S/C24H31N3O3S/c1-5-31-19-14-16(10-11-25)17-8-6-7-9-18(17)21(19)22-20(23(31)30-13-12-29-4)15(2)27(3)24(28)26-22/h6-9,14,22H,5,10-13,25H2,1-4H3,(H,26,28). The van der Waals surface area contributed by atoms with E-state index < -0.39 is 0 Å². The van der Waals surface area contributed by atoms with E-state index in [4.69, 9.17) is 15.2 Å². The Kier molecular flexibility index (Phi) is 6.48. The molecule has 166 valence electrons. The lowest BCUT2D eigenvalue weighted by atomic mass is 9.88. The number of benzene rings is 2. The zero-order valence-electron chi connectivity index (χ0n) is 18.7. The average molecular weight is 442 g/mol. The molecule has 7 heteroatoms. The number of nitrogens with zero attached hydrogens (tertiary/aromatic N) is 1. The van der Waals surface area contributed by atoms with Crippen LogP contribution in [0.25, 0.3) is 10.8 Å². The van der Waals surface area contributed by atoms with Crippen LogP contribution in [0.3, 0.4) is 0 Å². The van der Waals surface area contributed by atoms with Crippen molar-refractivity contribution in [2.75, 3.05) is 39.7 Å². The minimum Gasteiger partial charge on any atom is -0.382 e. The third-order valence-electron chi connectivity index (χ3n) is 6.11. The lowest BCUT2D eigenvalue weighted by Gasteiger charge is -2.40. The summed E-state index contributed by atoms with van der Waals surface area (Å²) in [6.45, 7) is 5.81. The summed E-state index contributed by atoms with van der Waals surface area (Å²) in [5, 5.41) is 6.60. The van der Waals surface area contributed by atoms with Crippen molar-refractivity contribution in [2.24, 2.45) is 5.73 Å². The summed E-state index contributed by atoms with van der Waals surface area (Å²) in [6, 6.07) is 10.4. The number of methoxy groups -OCH3 is 1. The third-order valence-corrected chi connectivity index (χ3v) is 8.34. The highest BCUT2D eigenvalue weighted by atomic mass is 32.2. The number of ether oxygens (including phenoxy) is 2. The van der Waals surface area contributed by atoms with E-state index in [1.807, 2.05) is 14.0 Å². The Labute approximate surface area is 186 Å². The number of amides is 2. The number of nitrogens with two attached hydrogens (primary N) is 1. The first-order valence-corrected chi connectivity index (χ1v) is 12.1. The van der Waals surface area contributed by atoms with Gasteiger partial charge in [-0.1, -0.05) is 31.2 Å². The number of rotatable bonds is 6. The molecule has 3 N–H and O–H groups in total. The van der Waals surface area contributed by atoms with Crippen molar-refractivity contribution >= 4 is 32.3 Å². The van der Waals surface area contributed by atoms with Crippen LogP contribution in [0.1, 0.15) is 31.0 Å². The second-order valence-electron chi connectivity index (χ2n) is 7.78. The van der Waals surface area contributed by atoms with Crippen LogP contribution in [0.4, 0.5) is 4.79 Å². The van der Waals surface area contributed by atoms with Gasteiger partial charge in [0.1, 0.15) is 5.05 Å². The van der Waals surface area contributed by atoms with Crippen LogP contribution >= 0.6 is 10.5 Å². The predicted molar refractivity (Wildman–Crippen MR) is 128 cm³/mol. The maximum absolute atomic E-state index is 12.8. The number of fused-ring (bicyclic) bond motifs is 5. The summed E-state index contributed by atoms with van der Waals surface area (Å²) < 4.78 is 11.6. The van der Waals surface area contributed by atoms with Gasteiger partial charge in [-0.15, -0.1) is 10.5 Å². The smallest absolute Gasteiger partial charge is 0.322 e. The first kappa shape index (κ1) is 22.0. The largest absolute Gasteiger partial charge is 0.382 e. The minimum atomic E-state index is -0.241. The number of nitrogens with one attached hydrogen (secondary N) is 1. The summed E-state index contributed by atoms with van der Waals surface area (Å²) in [4.78, 5) is 15.7. The summed E-state index contributed by atoms with van der Waals surface area (Å²) in [5.74, 6) is 0.927. The number of carbonyl (C=O) groups excluding carboxylic acids is 1. The van der Waals surface area contributed by atoms with Crippen molar-refractivity contribution < 1.29 is 14.3 Å². The Morgan fingerprint density at radius 2 is 1.97 bits per heavy atom. The van der Waals surface area contributed by atoms with Crippen LogP contribution in [0.2, 0.25) is 0 Å². The van der Waals surface area contributed by atoms with Gasteiger partial charge in [-0.25, -0.2) is 4.79 Å². The molecule has 0 saturated heterocycles. The maximum atomic E-state index is 12.8. The van der Waals surface area contributed by atoms with Gasteiger partial charge in [0.2, 0.25) is 0 Å². The third kappa shape index (κ3) is 3.69. The molecular weight excluding hydrogens is 410 g/mol. The van der Waals surface area contributed by atoms with Crippen molar-refractivity contribution in [3.05, 3.63) is 52.7 Å². The van der Waals surface area contributed by atoms with E-state index in [0.29, 0.717) is 19.8 Å². The van der Waals surface area contributed by atoms with E-state index in [-0.39, 0.29) is 22.6 Å². The molecule has 0 saturated carbocycles. The maximum Gasteiger partial charge on any atom is 0.322 e. The zero-order chi connectivity index (χ0) is 22.1. The summed E-state index contributed by atoms with van der Waals surface area (Å²) in [5.41, 5.74) is 10.4. The van der Waals surface area contributed by atoms with E-state index in [0.717, 1.165) is 28.5 Å². The number of hydrogen-bond donors (Lipinski definition) is 2. The van der Waals surface area contributed by atoms with Gasteiger partial charge in [0.05, 0.1) is 19.3 Å². The van der Waals surface area contributed by atoms with Gasteiger partial charge in [-0.05, 0) is 48.0 Å². The lowest BCUT2D eigenvalue weighted by Crippen LogP contribution is -2.47. The molecule has 2 atom stereocenters. The molecule has 0 fully saturated rings. The van der Waals surface area contributed by atoms with E-state index >= 15 is 0 Å². The Bertz CT molecular complexity index is 1090. The average Bonchev–Trinajstić information content (AvgIpc) is 2.77. The van der Waals surface area contributed by atoms with Gasteiger partial charge < -0.3 is 25.4 Å². The van der Waals surface area contributed by atoms with E-state index in [1.54, 1.807) is 12.0 Å². The molecule has 2 amide bonds. The summed E-state index contributed by atoms with van der Waals surface area (Å²) in [7, 11) is 3.25. The molecular formula is C24H31N3O3S. The highest BCUT2D eigenvalue weighted by Gasteiger charge is 2.39. The first-order chi connectivity index (χ1) is 15.0. The van der Waals surface area contributed by atoms with Crippen LogP contribution in [0.15, 0.2) is 46.5 Å². The fraction of sp³-hybridized carbons (Fsp3) is 0.417. The van der Waals surface area contributed by atoms with Gasteiger partial charge >= 0.3 is 6.03 Å². The summed E-state index contributed by atoms with van der Waals surface area (Å²) in [6.07, 6.45) is 0.816. The highest BCUT2D eigenvalue weighted by molar-refractivity contribution is 8.16. The van der Waals surface area contributed by atoms with Gasteiger partial charge in [-0.2, -0.15) is 0 Å². The van der Waals surface area contributed by atoms with E-state index in [9.17, 15) is 4.79 Å². The van der Waals surface area contributed by atoms with Gasteiger partial charge in [0.15, 0.2) is 0 Å². The molecule has 2 aliphatic rings. The Hall–Kier alpha value is -2.19. The molecule has 6 nitrogen and oxygen atoms in total. The second kappa shape index (κ2) is 9.12. The molecule has 2 unspecified atom stereocenters. The highest BCUT2D eigenvalue weighted by Crippen LogP contribution is 2.49. The number of allylic oxidation sites excluding steroid dienone is 1. The van der Waals surface area contributed by atoms with Crippen LogP contribution in [-0.4, -0.2) is 55.7 Å². The molecule has 0 radical (unpaired) electrons. The number of carbonyl (C=O) groups is 1. The molecule has 4 rings (SSSR count). The molecule has 2 heterocycles. The molecule has 2 aromatic carbocycles. The van der Waals surface area contributed by atoms with Crippen molar-refractivity contribution in [1.29, 1.82) is 0 Å². The molecule has 2 aromatic rings. The molecule has 2 aliphatic heterocycles. The predicted octanol–water partition coefficient (Wildman–Crippen LogP) is 3.77. The summed E-state index contributed by atoms with van der Waals surface area (Å²) >= 11 is 0. The van der Waals surface area contributed by atoms with Crippen molar-refractivity contribution in [1.82, 2.24) is 10.2 Å². The normalized spacial score (nSPS) is 20.7. The topological polar surface area (TPSA) is 76.8 Å². The van der Waals surface area contributed by atoms with Gasteiger partial charge in [-0.3, -0.25) is 0 Å². The molecule has 0 bridgehead atoms. The molecule has 0 spiro atoms. The number of hydrogen-bond acceptors (Lipinski definition) is 4. The van der Waals surface area contributed by atoms with Crippen LogP contribution in [0, 0.1) is 0 Å². The van der Waals surface area contributed by atoms with Crippen LogP contribution in [0.5, 0.6) is 0 Å². The van der Waals surface area contributed by atoms with Crippen molar-refractivity contribution in [3.8, 4) is 0 Å². The SMILES string of the molecule is CCS1=C(OCCOC)C2=C(C)N(C)C(=O)NC2c2c1cc(CCN)c1ccccc21. The zero-order valence-corrected chi connectivity index (χ0v) is 19.5. The van der Waals surface area contributed by atoms with Gasteiger partial charge in [0.25, 0.3) is 0 Å². The van der Waals surface area contributed by atoms with E-state index in [1.165, 1.54) is 26.8 Å². The second-order valence-corrected chi connectivity index (χ2v) is 9.95. The van der Waals surface area contributed by atoms with Crippen LogP contribution in [-0.2, 0) is 15.9 Å². The first-order valence-electron chi connectivity index (χ1n) is 10.7. The minimum absolute atomic E-state index is 0.0955. The Morgan fingerprint density at radius 1 is 1.23 bits per heavy atom. The fourth-order valence-corrected chi connectivity index (χ4v) is 6.82. The van der Waals surface area contributed by atoms with Crippen molar-refractivity contribution in [2.45, 2.75) is 31.2 Å². The lowest BCUT2D eigenvalue weighted by molar-refractivity contribution is 0.142. The fourth-order valence-electron chi connectivity index (χ4n) is 4.51. The molecule has 0 aliphatic carbocycles. The Morgan fingerprint density at radius 3 is 2.65 bits per heavy atom. The number of urea groups is 1. The van der Waals surface area contributed by atoms with Crippen LogP contribution < -0.4 is 11.1 Å². The molecule has 31 heavy (non-hydrogen) atoms. The Balaban J connectivity index is 2.06. The monoisotopic (exact) mass is 441 g/mol.